The number of rotatable bonds is 10. The van der Waals surface area contributed by atoms with Crippen LogP contribution in [0.4, 0.5) is 10.6 Å². The molecule has 2 aliphatic carbocycles. The molecule has 0 atom stereocenters. The number of methoxy groups -OCH3 is 1. The highest BCUT2D eigenvalue weighted by Gasteiger charge is 2.33. The van der Waals surface area contributed by atoms with Gasteiger partial charge in [0.25, 0.3) is 0 Å². The molecule has 3 aromatic heterocycles. The standard InChI is InChI=1S/C34H43N7O4/c1-22(2)41-21-28(19-38-41)27-14-15-36-32(16-27)40(33(42)26-10-4-23(5-11-26)18-37-34(43)44)20-24-6-8-25(9-7-24)29-12-13-31(45-3)30(17-35)39-29/h12-16,19,21-26,37H,4-11,18,20H2,1-3H3,(H,43,44). The van der Waals surface area contributed by atoms with Gasteiger partial charge < -0.3 is 15.2 Å². The van der Waals surface area contributed by atoms with Crippen LogP contribution >= 0.6 is 0 Å². The lowest BCUT2D eigenvalue weighted by atomic mass is 9.79. The zero-order valence-corrected chi connectivity index (χ0v) is 26.4. The fourth-order valence-electron chi connectivity index (χ4n) is 6.71. The smallest absolute Gasteiger partial charge is 0.404 e. The van der Waals surface area contributed by atoms with Crippen molar-refractivity contribution >= 4 is 17.8 Å². The average molecular weight is 614 g/mol. The van der Waals surface area contributed by atoms with E-state index in [1.54, 1.807) is 13.3 Å². The summed E-state index contributed by atoms with van der Waals surface area (Å²) in [5.74, 6) is 1.94. The number of ether oxygens (including phenoxy) is 1. The van der Waals surface area contributed by atoms with Gasteiger partial charge in [-0.15, -0.1) is 0 Å². The van der Waals surface area contributed by atoms with E-state index < -0.39 is 6.09 Å². The Labute approximate surface area is 264 Å². The first-order chi connectivity index (χ1) is 21.7. The molecule has 2 fully saturated rings. The second-order valence-corrected chi connectivity index (χ2v) is 12.7. The summed E-state index contributed by atoms with van der Waals surface area (Å²) in [4.78, 5) is 36.4. The van der Waals surface area contributed by atoms with Crippen LogP contribution in [0.5, 0.6) is 5.75 Å². The third-order valence-corrected chi connectivity index (χ3v) is 9.40. The van der Waals surface area contributed by atoms with Crippen molar-refractivity contribution in [2.24, 2.45) is 17.8 Å². The third kappa shape index (κ3) is 7.80. The predicted octanol–water partition coefficient (Wildman–Crippen LogP) is 6.18. The summed E-state index contributed by atoms with van der Waals surface area (Å²) in [5, 5.41) is 25.5. The number of aromatic nitrogens is 4. The fourth-order valence-corrected chi connectivity index (χ4v) is 6.71. The summed E-state index contributed by atoms with van der Waals surface area (Å²) in [6.07, 6.45) is 11.5. The first kappa shape index (κ1) is 31.9. The number of carboxylic acid groups (broad SMARTS) is 1. The second-order valence-electron chi connectivity index (χ2n) is 12.7. The SMILES string of the molecule is COc1ccc(C2CCC(CN(C(=O)C3CCC(CNC(=O)O)CC3)c3cc(-c4cnn(C(C)C)c4)ccn3)CC2)nc1C#N. The maximum Gasteiger partial charge on any atom is 0.404 e. The van der Waals surface area contributed by atoms with Gasteiger partial charge in [0.15, 0.2) is 11.4 Å². The third-order valence-electron chi connectivity index (χ3n) is 9.40. The summed E-state index contributed by atoms with van der Waals surface area (Å²) >= 11 is 0. The summed E-state index contributed by atoms with van der Waals surface area (Å²) in [6, 6.07) is 10.1. The van der Waals surface area contributed by atoms with Crippen molar-refractivity contribution in [1.29, 1.82) is 5.26 Å². The van der Waals surface area contributed by atoms with Crippen LogP contribution in [0.3, 0.4) is 0 Å². The van der Waals surface area contributed by atoms with Crippen molar-refractivity contribution in [2.45, 2.75) is 77.2 Å². The van der Waals surface area contributed by atoms with Crippen LogP contribution in [0.25, 0.3) is 11.1 Å². The van der Waals surface area contributed by atoms with Crippen molar-refractivity contribution in [3.05, 3.63) is 54.2 Å². The molecular formula is C34H43N7O4. The maximum atomic E-state index is 14.2. The van der Waals surface area contributed by atoms with Crippen LogP contribution < -0.4 is 15.0 Å². The summed E-state index contributed by atoms with van der Waals surface area (Å²) in [5.41, 5.74) is 3.18. The monoisotopic (exact) mass is 613 g/mol. The Hall–Kier alpha value is -4.46. The molecule has 11 heteroatoms. The molecule has 11 nitrogen and oxygen atoms in total. The molecule has 0 saturated heterocycles. The van der Waals surface area contributed by atoms with E-state index >= 15 is 0 Å². The van der Waals surface area contributed by atoms with Gasteiger partial charge in [-0.2, -0.15) is 10.4 Å². The number of carbonyl (C=O) groups is 2. The molecule has 2 saturated carbocycles. The highest BCUT2D eigenvalue weighted by atomic mass is 16.5. The minimum absolute atomic E-state index is 0.0970. The number of hydrogen-bond donors (Lipinski definition) is 2. The minimum atomic E-state index is -1.01. The first-order valence-electron chi connectivity index (χ1n) is 16.0. The van der Waals surface area contributed by atoms with E-state index in [4.69, 9.17) is 14.8 Å². The Kier molecular flexibility index (Phi) is 10.3. The summed E-state index contributed by atoms with van der Waals surface area (Å²) in [6.45, 7) is 5.19. The molecule has 2 aliphatic rings. The Bertz CT molecular complexity index is 1510. The van der Waals surface area contributed by atoms with Gasteiger partial charge >= 0.3 is 6.09 Å². The molecule has 2 amide bonds. The van der Waals surface area contributed by atoms with Crippen LogP contribution in [0.15, 0.2) is 42.9 Å². The lowest BCUT2D eigenvalue weighted by Crippen LogP contribution is -2.42. The molecule has 0 bridgehead atoms. The van der Waals surface area contributed by atoms with E-state index in [1.807, 2.05) is 46.2 Å². The number of hydrogen-bond acceptors (Lipinski definition) is 7. The van der Waals surface area contributed by atoms with Crippen molar-refractivity contribution in [1.82, 2.24) is 25.1 Å². The molecule has 45 heavy (non-hydrogen) atoms. The minimum Gasteiger partial charge on any atom is -0.494 e. The van der Waals surface area contributed by atoms with Gasteiger partial charge in [-0.1, -0.05) is 0 Å². The predicted molar refractivity (Wildman–Crippen MR) is 170 cm³/mol. The Balaban J connectivity index is 1.32. The highest BCUT2D eigenvalue weighted by molar-refractivity contribution is 5.94. The lowest BCUT2D eigenvalue weighted by molar-refractivity contribution is -0.123. The number of nitriles is 1. The molecule has 238 valence electrons. The molecule has 0 spiro atoms. The van der Waals surface area contributed by atoms with Gasteiger partial charge in [0.2, 0.25) is 5.91 Å². The van der Waals surface area contributed by atoms with Gasteiger partial charge in [0.1, 0.15) is 11.9 Å². The van der Waals surface area contributed by atoms with Crippen molar-refractivity contribution in [3.8, 4) is 22.9 Å². The fraction of sp³-hybridized carbons (Fsp3) is 0.529. The van der Waals surface area contributed by atoms with E-state index in [-0.39, 0.29) is 29.7 Å². The molecule has 0 radical (unpaired) electrons. The Morgan fingerprint density at radius 2 is 1.82 bits per heavy atom. The van der Waals surface area contributed by atoms with Crippen molar-refractivity contribution in [2.75, 3.05) is 25.1 Å². The van der Waals surface area contributed by atoms with E-state index in [1.165, 1.54) is 0 Å². The van der Waals surface area contributed by atoms with Gasteiger partial charge in [-0.25, -0.2) is 14.8 Å². The topological polar surface area (TPSA) is 146 Å². The maximum absolute atomic E-state index is 14.2. The van der Waals surface area contributed by atoms with Crippen molar-refractivity contribution in [3.63, 3.8) is 0 Å². The number of carbonyl (C=O) groups excluding carboxylic acids is 1. The normalized spacial score (nSPS) is 21.6. The van der Waals surface area contributed by atoms with Crippen LogP contribution in [0.1, 0.15) is 88.6 Å². The van der Waals surface area contributed by atoms with Gasteiger partial charge in [-0.05, 0) is 107 Å². The number of anilines is 1. The van der Waals surface area contributed by atoms with Gasteiger partial charge in [0, 0.05) is 54.6 Å². The van der Waals surface area contributed by atoms with E-state index in [0.717, 1.165) is 68.2 Å². The van der Waals surface area contributed by atoms with Crippen LogP contribution in [0.2, 0.25) is 0 Å². The molecule has 0 aromatic carbocycles. The number of nitrogens with one attached hydrogen (secondary N) is 1. The van der Waals surface area contributed by atoms with Crippen molar-refractivity contribution < 1.29 is 19.4 Å². The Morgan fingerprint density at radius 1 is 1.09 bits per heavy atom. The molecule has 3 aromatic rings. The van der Waals surface area contributed by atoms with Crippen LogP contribution in [0, 0.1) is 29.1 Å². The van der Waals surface area contributed by atoms with E-state index in [0.29, 0.717) is 36.3 Å². The molecule has 5 rings (SSSR count). The number of pyridine rings is 2. The molecule has 3 heterocycles. The molecule has 0 unspecified atom stereocenters. The van der Waals surface area contributed by atoms with Gasteiger partial charge in [-0.3, -0.25) is 14.4 Å². The second kappa shape index (κ2) is 14.5. The highest BCUT2D eigenvalue weighted by Crippen LogP contribution is 2.38. The molecule has 0 aliphatic heterocycles. The van der Waals surface area contributed by atoms with Crippen LogP contribution in [-0.2, 0) is 4.79 Å². The summed E-state index contributed by atoms with van der Waals surface area (Å²) in [7, 11) is 1.54. The summed E-state index contributed by atoms with van der Waals surface area (Å²) < 4.78 is 7.19. The first-order valence-corrected chi connectivity index (χ1v) is 16.0. The zero-order valence-electron chi connectivity index (χ0n) is 26.4. The largest absolute Gasteiger partial charge is 0.494 e. The lowest BCUT2D eigenvalue weighted by Gasteiger charge is -2.35. The zero-order chi connectivity index (χ0) is 31.9. The quantitative estimate of drug-likeness (QED) is 0.276. The van der Waals surface area contributed by atoms with E-state index in [2.05, 4.69) is 35.3 Å². The van der Waals surface area contributed by atoms with Gasteiger partial charge in [0.05, 0.1) is 13.3 Å². The molecule has 2 N–H and O–H groups in total. The van der Waals surface area contributed by atoms with E-state index in [9.17, 15) is 14.9 Å². The number of nitrogens with zero attached hydrogens (tertiary/aromatic N) is 6. The molecular weight excluding hydrogens is 570 g/mol. The number of amides is 2. The average Bonchev–Trinajstić information content (AvgIpc) is 3.57. The van der Waals surface area contributed by atoms with Crippen LogP contribution in [-0.4, -0.2) is 57.1 Å². The Morgan fingerprint density at radius 3 is 2.47 bits per heavy atom.